The molecule has 0 saturated heterocycles. The topological polar surface area (TPSA) is 24.9 Å². The van der Waals surface area contributed by atoms with Gasteiger partial charge in [0.15, 0.2) is 0 Å². The summed E-state index contributed by atoms with van der Waals surface area (Å²) in [4.78, 5) is 4.51. The smallest absolute Gasteiger partial charge is 0.0413 e. The van der Waals surface area contributed by atoms with Crippen molar-refractivity contribution >= 4 is 15.9 Å². The van der Waals surface area contributed by atoms with Crippen LogP contribution in [-0.4, -0.2) is 17.6 Å². The van der Waals surface area contributed by atoms with Gasteiger partial charge in [0.05, 0.1) is 0 Å². The maximum Gasteiger partial charge on any atom is 0.0413 e. The van der Waals surface area contributed by atoms with Gasteiger partial charge < -0.3 is 5.32 Å². The van der Waals surface area contributed by atoms with Crippen molar-refractivity contribution in [2.75, 3.05) is 6.54 Å². The SMILES string of the molecule is CCCNC1CCC(C)(Cc2ccc(Br)cn2)C1. The van der Waals surface area contributed by atoms with E-state index >= 15 is 0 Å². The van der Waals surface area contributed by atoms with Gasteiger partial charge in [0.2, 0.25) is 0 Å². The maximum atomic E-state index is 4.51. The molecule has 0 aliphatic heterocycles. The average molecular weight is 311 g/mol. The lowest BCUT2D eigenvalue weighted by Gasteiger charge is -2.24. The Kier molecular flexibility index (Phi) is 4.79. The fourth-order valence-electron chi connectivity index (χ4n) is 2.95. The van der Waals surface area contributed by atoms with E-state index in [1.165, 1.54) is 31.4 Å². The first-order chi connectivity index (χ1) is 8.61. The van der Waals surface area contributed by atoms with Crippen LogP contribution in [0.4, 0.5) is 0 Å². The van der Waals surface area contributed by atoms with Gasteiger partial charge in [0.25, 0.3) is 0 Å². The summed E-state index contributed by atoms with van der Waals surface area (Å²) in [6.07, 6.45) is 8.14. The van der Waals surface area contributed by atoms with E-state index in [4.69, 9.17) is 0 Å². The Morgan fingerprint density at radius 1 is 1.50 bits per heavy atom. The number of pyridine rings is 1. The van der Waals surface area contributed by atoms with E-state index in [0.29, 0.717) is 11.5 Å². The van der Waals surface area contributed by atoms with Crippen LogP contribution in [0.2, 0.25) is 0 Å². The van der Waals surface area contributed by atoms with Crippen LogP contribution < -0.4 is 5.32 Å². The molecule has 1 N–H and O–H groups in total. The molecule has 0 aromatic carbocycles. The zero-order chi connectivity index (χ0) is 13.0. The molecule has 2 nitrogen and oxygen atoms in total. The Morgan fingerprint density at radius 3 is 3.00 bits per heavy atom. The number of halogens is 1. The zero-order valence-electron chi connectivity index (χ0n) is 11.4. The molecule has 1 aliphatic carbocycles. The average Bonchev–Trinajstić information content (AvgIpc) is 2.71. The van der Waals surface area contributed by atoms with E-state index in [1.54, 1.807) is 0 Å². The van der Waals surface area contributed by atoms with E-state index < -0.39 is 0 Å². The Morgan fingerprint density at radius 2 is 2.33 bits per heavy atom. The molecule has 2 unspecified atom stereocenters. The van der Waals surface area contributed by atoms with Crippen LogP contribution in [0.15, 0.2) is 22.8 Å². The highest BCUT2D eigenvalue weighted by Crippen LogP contribution is 2.40. The number of rotatable bonds is 5. The molecule has 1 aromatic rings. The van der Waals surface area contributed by atoms with E-state index in [-0.39, 0.29) is 0 Å². The fraction of sp³-hybridized carbons (Fsp3) is 0.667. The predicted octanol–water partition coefficient (Wildman–Crippen LogP) is 3.95. The highest BCUT2D eigenvalue weighted by molar-refractivity contribution is 9.10. The van der Waals surface area contributed by atoms with E-state index in [0.717, 1.165) is 17.4 Å². The molecular formula is C15H23BrN2. The molecule has 0 amide bonds. The Labute approximate surface area is 119 Å². The maximum absolute atomic E-state index is 4.51. The Bertz CT molecular complexity index is 377. The molecule has 1 fully saturated rings. The number of nitrogens with zero attached hydrogens (tertiary/aromatic N) is 1. The van der Waals surface area contributed by atoms with Gasteiger partial charge >= 0.3 is 0 Å². The van der Waals surface area contributed by atoms with Crippen molar-refractivity contribution in [3.63, 3.8) is 0 Å². The quantitative estimate of drug-likeness (QED) is 0.891. The molecule has 3 heteroatoms. The number of hydrogen-bond acceptors (Lipinski definition) is 2. The third kappa shape index (κ3) is 3.79. The van der Waals surface area contributed by atoms with Crippen molar-refractivity contribution in [1.29, 1.82) is 0 Å². The van der Waals surface area contributed by atoms with E-state index in [9.17, 15) is 0 Å². The third-order valence-electron chi connectivity index (χ3n) is 3.92. The molecule has 1 saturated carbocycles. The Hall–Kier alpha value is -0.410. The lowest BCUT2D eigenvalue weighted by Crippen LogP contribution is -2.29. The Balaban J connectivity index is 1.91. The van der Waals surface area contributed by atoms with Gasteiger partial charge in [-0.1, -0.05) is 13.8 Å². The number of hydrogen-bond donors (Lipinski definition) is 1. The van der Waals surface area contributed by atoms with Gasteiger partial charge in [-0.05, 0) is 72.1 Å². The second kappa shape index (κ2) is 6.16. The summed E-state index contributed by atoms with van der Waals surface area (Å²) in [5, 5.41) is 3.65. The van der Waals surface area contributed by atoms with Crippen LogP contribution in [0.25, 0.3) is 0 Å². The van der Waals surface area contributed by atoms with Crippen LogP contribution in [0.3, 0.4) is 0 Å². The molecular weight excluding hydrogens is 288 g/mol. The fourth-order valence-corrected chi connectivity index (χ4v) is 3.19. The second-order valence-electron chi connectivity index (χ2n) is 5.85. The van der Waals surface area contributed by atoms with Crippen molar-refractivity contribution in [3.8, 4) is 0 Å². The summed E-state index contributed by atoms with van der Waals surface area (Å²) in [5.74, 6) is 0. The molecule has 2 rings (SSSR count). The summed E-state index contributed by atoms with van der Waals surface area (Å²) >= 11 is 3.44. The highest BCUT2D eigenvalue weighted by atomic mass is 79.9. The van der Waals surface area contributed by atoms with Crippen LogP contribution >= 0.6 is 15.9 Å². The van der Waals surface area contributed by atoms with Crippen LogP contribution in [0.1, 0.15) is 45.2 Å². The van der Waals surface area contributed by atoms with Gasteiger partial charge in [-0.3, -0.25) is 4.98 Å². The first kappa shape index (κ1) is 14.0. The van der Waals surface area contributed by atoms with E-state index in [1.807, 2.05) is 6.20 Å². The first-order valence-electron chi connectivity index (χ1n) is 6.95. The standard InChI is InChI=1S/C15H23BrN2/c1-3-8-17-14-6-7-15(2,10-14)9-13-5-4-12(16)11-18-13/h4-5,11,14,17H,3,6-10H2,1-2H3. The molecule has 1 aromatic heterocycles. The molecule has 100 valence electrons. The van der Waals surface area contributed by atoms with Crippen molar-refractivity contribution in [1.82, 2.24) is 10.3 Å². The second-order valence-corrected chi connectivity index (χ2v) is 6.76. The minimum Gasteiger partial charge on any atom is -0.314 e. The predicted molar refractivity (Wildman–Crippen MR) is 79.7 cm³/mol. The third-order valence-corrected chi connectivity index (χ3v) is 4.38. The van der Waals surface area contributed by atoms with Gasteiger partial charge in [-0.2, -0.15) is 0 Å². The zero-order valence-corrected chi connectivity index (χ0v) is 13.0. The molecule has 0 bridgehead atoms. The van der Waals surface area contributed by atoms with Gasteiger partial charge in [-0.25, -0.2) is 0 Å². The summed E-state index contributed by atoms with van der Waals surface area (Å²) in [6.45, 7) is 5.79. The van der Waals surface area contributed by atoms with Crippen molar-refractivity contribution < 1.29 is 0 Å². The van der Waals surface area contributed by atoms with Crippen LogP contribution in [0, 0.1) is 5.41 Å². The summed E-state index contributed by atoms with van der Waals surface area (Å²) < 4.78 is 1.06. The molecule has 0 radical (unpaired) electrons. The van der Waals surface area contributed by atoms with Crippen molar-refractivity contribution in [3.05, 3.63) is 28.5 Å². The largest absolute Gasteiger partial charge is 0.314 e. The van der Waals surface area contributed by atoms with Crippen LogP contribution in [-0.2, 0) is 6.42 Å². The molecule has 2 atom stereocenters. The summed E-state index contributed by atoms with van der Waals surface area (Å²) in [6, 6.07) is 4.95. The van der Waals surface area contributed by atoms with Gasteiger partial charge in [-0.15, -0.1) is 0 Å². The monoisotopic (exact) mass is 310 g/mol. The molecule has 1 heterocycles. The number of nitrogens with one attached hydrogen (secondary N) is 1. The molecule has 0 spiro atoms. The minimum atomic E-state index is 0.423. The summed E-state index contributed by atoms with van der Waals surface area (Å²) in [5.41, 5.74) is 1.64. The first-order valence-corrected chi connectivity index (χ1v) is 7.74. The highest BCUT2D eigenvalue weighted by Gasteiger charge is 2.34. The van der Waals surface area contributed by atoms with Crippen molar-refractivity contribution in [2.24, 2.45) is 5.41 Å². The van der Waals surface area contributed by atoms with Crippen LogP contribution in [0.5, 0.6) is 0 Å². The molecule has 1 aliphatic rings. The lowest BCUT2D eigenvalue weighted by atomic mass is 9.83. The normalized spacial score (nSPS) is 27.6. The van der Waals surface area contributed by atoms with Crippen molar-refractivity contribution in [2.45, 2.75) is 52.0 Å². The number of aromatic nitrogens is 1. The minimum absolute atomic E-state index is 0.423. The summed E-state index contributed by atoms with van der Waals surface area (Å²) in [7, 11) is 0. The van der Waals surface area contributed by atoms with Gasteiger partial charge in [0, 0.05) is 22.4 Å². The van der Waals surface area contributed by atoms with E-state index in [2.05, 4.69) is 52.2 Å². The van der Waals surface area contributed by atoms with Gasteiger partial charge in [0.1, 0.15) is 0 Å². The lowest BCUT2D eigenvalue weighted by molar-refractivity contribution is 0.318. The molecule has 18 heavy (non-hydrogen) atoms.